The van der Waals surface area contributed by atoms with Crippen molar-refractivity contribution in [3.05, 3.63) is 30.3 Å². The molecule has 0 aliphatic heterocycles. The maximum atomic E-state index is 10.8. The Kier molecular flexibility index (Phi) is 6.09. The van der Waals surface area contributed by atoms with Gasteiger partial charge < -0.3 is 10.2 Å². The number of hydrogen-bond acceptors (Lipinski definition) is 7. The average Bonchev–Trinajstić information content (AvgIpc) is 2.37. The molecule has 2 aromatic rings. The number of rotatable bonds is 3. The number of nitrogens with zero attached hydrogens (tertiary/aromatic N) is 2. The maximum Gasteiger partial charge on any atom is 0.503 e. The van der Waals surface area contributed by atoms with Gasteiger partial charge in [-0.3, -0.25) is 0 Å². The maximum absolute atomic E-state index is 10.8. The van der Waals surface area contributed by atoms with Gasteiger partial charge in [0.1, 0.15) is 0 Å². The van der Waals surface area contributed by atoms with E-state index in [1.807, 2.05) is 24.3 Å². The van der Waals surface area contributed by atoms with Crippen molar-refractivity contribution in [1.82, 2.24) is 9.97 Å². The molecule has 7 N–H and O–H groups in total. The Morgan fingerprint density at radius 3 is 2.19 bits per heavy atom. The second-order valence-corrected chi connectivity index (χ2v) is 5.58. The van der Waals surface area contributed by atoms with Crippen LogP contribution in [0.15, 0.2) is 30.3 Å². The van der Waals surface area contributed by atoms with Gasteiger partial charge in [-0.05, 0) is 0 Å². The molecule has 9 nitrogen and oxygen atoms in total. The van der Waals surface area contributed by atoms with Crippen molar-refractivity contribution in [2.45, 2.75) is 0 Å². The normalized spacial score (nSPS) is 9.90. The molecule has 0 saturated carbocycles. The molecule has 0 fully saturated rings. The first-order valence-electron chi connectivity index (χ1n) is 5.55. The van der Waals surface area contributed by atoms with Gasteiger partial charge >= 0.3 is 110 Å². The van der Waals surface area contributed by atoms with E-state index in [2.05, 4.69) is 15.3 Å². The van der Waals surface area contributed by atoms with Crippen LogP contribution in [0, 0.1) is 0 Å². The largest absolute Gasteiger partial charge is 0.503 e. The van der Waals surface area contributed by atoms with Crippen molar-refractivity contribution in [2.24, 2.45) is 0 Å². The number of hydrogen-bond donors (Lipinski definition) is 5. The summed E-state index contributed by atoms with van der Waals surface area (Å²) in [6.07, 6.45) is -1.83. The van der Waals surface area contributed by atoms with E-state index < -0.39 is 21.8 Å². The molecule has 0 radical (unpaired) electrons. The van der Waals surface area contributed by atoms with Crippen LogP contribution in [0.25, 0.3) is 0 Å². The Hall–Kier alpha value is -2.67. The van der Waals surface area contributed by atoms with Gasteiger partial charge in [-0.25, -0.2) is 4.79 Å². The standard InChI is InChI=1S/C10H12AsN5O.CH2O3/c12-8-5-9(16-10(13)15-8)14-7-3-1-6(11-17)2-4-7;2-1(3)4/h1-5H,11H2,(H5,12,13,14,15,16);(H2,2,3,4). The molecular weight excluding hydrogens is 341 g/mol. The molecule has 0 saturated heterocycles. The minimum Gasteiger partial charge on any atom is -0.450 e. The van der Waals surface area contributed by atoms with Crippen LogP contribution in [0.5, 0.6) is 0 Å². The molecule has 1 aromatic carbocycles. The van der Waals surface area contributed by atoms with Crippen molar-refractivity contribution >= 4 is 49.5 Å². The zero-order valence-corrected chi connectivity index (χ0v) is 13.1. The molecule has 21 heavy (non-hydrogen) atoms. The zero-order valence-electron chi connectivity index (χ0n) is 10.7. The summed E-state index contributed by atoms with van der Waals surface area (Å²) in [5.41, 5.74) is 11.9. The third kappa shape index (κ3) is 6.35. The summed E-state index contributed by atoms with van der Waals surface area (Å²) in [4.78, 5) is 16.3. The van der Waals surface area contributed by atoms with Crippen LogP contribution in [0.4, 0.5) is 28.1 Å². The predicted octanol–water partition coefficient (Wildman–Crippen LogP) is -0.253. The van der Waals surface area contributed by atoms with E-state index in [4.69, 9.17) is 26.5 Å². The van der Waals surface area contributed by atoms with Crippen molar-refractivity contribution in [2.75, 3.05) is 16.8 Å². The van der Waals surface area contributed by atoms with Gasteiger partial charge in [0, 0.05) is 0 Å². The van der Waals surface area contributed by atoms with E-state index in [9.17, 15) is 3.74 Å². The summed E-state index contributed by atoms with van der Waals surface area (Å²) < 4.78 is 11.7. The van der Waals surface area contributed by atoms with Crippen LogP contribution in [-0.4, -0.2) is 42.0 Å². The molecule has 2 rings (SSSR count). The number of nitrogen functional groups attached to an aromatic ring is 2. The van der Waals surface area contributed by atoms with Crippen LogP contribution in [0.1, 0.15) is 0 Å². The van der Waals surface area contributed by atoms with Gasteiger partial charge in [-0.1, -0.05) is 0 Å². The van der Waals surface area contributed by atoms with E-state index in [1.54, 1.807) is 6.07 Å². The minimum atomic E-state index is -1.83. The molecule has 1 atom stereocenters. The second-order valence-electron chi connectivity index (χ2n) is 3.68. The third-order valence-corrected chi connectivity index (χ3v) is 3.46. The number of aromatic nitrogens is 2. The third-order valence-electron chi connectivity index (χ3n) is 2.08. The smallest absolute Gasteiger partial charge is 0.450 e. The molecule has 1 heterocycles. The number of nitrogens with two attached hydrogens (primary N) is 2. The monoisotopic (exact) mass is 355 g/mol. The Bertz CT molecular complexity index is 611. The van der Waals surface area contributed by atoms with Crippen LogP contribution in [0.3, 0.4) is 0 Å². The Labute approximate surface area is 125 Å². The quantitative estimate of drug-likeness (QED) is 0.467. The Morgan fingerprint density at radius 1 is 1.14 bits per heavy atom. The molecular formula is C11H14AsN5O4. The molecule has 0 bridgehead atoms. The minimum absolute atomic E-state index is 0.122. The number of carbonyl (C=O) groups is 1. The van der Waals surface area contributed by atoms with E-state index in [0.717, 1.165) is 10.0 Å². The molecule has 0 aliphatic carbocycles. The molecule has 0 amide bonds. The average molecular weight is 355 g/mol. The van der Waals surface area contributed by atoms with Crippen molar-refractivity contribution in [1.29, 1.82) is 0 Å². The number of nitrogens with one attached hydrogen (secondary N) is 1. The first-order valence-corrected chi connectivity index (χ1v) is 7.75. The van der Waals surface area contributed by atoms with E-state index in [-0.39, 0.29) is 5.95 Å². The van der Waals surface area contributed by atoms with Crippen molar-refractivity contribution in [3.63, 3.8) is 0 Å². The van der Waals surface area contributed by atoms with Gasteiger partial charge in [0.05, 0.1) is 0 Å². The van der Waals surface area contributed by atoms with Crippen LogP contribution < -0.4 is 21.1 Å². The topological polar surface area (TPSA) is 164 Å². The van der Waals surface area contributed by atoms with Gasteiger partial charge in [-0.15, -0.1) is 0 Å². The van der Waals surface area contributed by atoms with E-state index in [1.165, 1.54) is 0 Å². The first-order chi connectivity index (χ1) is 9.90. The summed E-state index contributed by atoms with van der Waals surface area (Å²) >= 11 is -1.49. The molecule has 10 heteroatoms. The van der Waals surface area contributed by atoms with Crippen molar-refractivity contribution in [3.8, 4) is 0 Å². The van der Waals surface area contributed by atoms with Crippen molar-refractivity contribution < 1.29 is 18.7 Å². The molecule has 0 spiro atoms. The van der Waals surface area contributed by atoms with Crippen LogP contribution in [-0.2, 0) is 3.74 Å². The second kappa shape index (κ2) is 7.81. The summed E-state index contributed by atoms with van der Waals surface area (Å²) in [6, 6.07) is 8.90. The fraction of sp³-hybridized carbons (Fsp3) is 0. The molecule has 112 valence electrons. The summed E-state index contributed by atoms with van der Waals surface area (Å²) in [5.74, 6) is 0.963. The zero-order chi connectivity index (χ0) is 15.8. The fourth-order valence-electron chi connectivity index (χ4n) is 1.34. The van der Waals surface area contributed by atoms with E-state index >= 15 is 0 Å². The van der Waals surface area contributed by atoms with E-state index in [0.29, 0.717) is 11.6 Å². The number of carboxylic acid groups (broad SMARTS) is 2. The predicted molar refractivity (Wildman–Crippen MR) is 80.1 cm³/mol. The SMILES string of the molecule is Nc1cc(Nc2ccc([AsH2]=O)cc2)nc(N)n1.O=C(O)O. The number of benzene rings is 1. The summed E-state index contributed by atoms with van der Waals surface area (Å²) in [6.45, 7) is 0. The molecule has 1 aromatic heterocycles. The number of anilines is 4. The molecule has 1 unspecified atom stereocenters. The van der Waals surface area contributed by atoms with Gasteiger partial charge in [0.15, 0.2) is 0 Å². The van der Waals surface area contributed by atoms with Gasteiger partial charge in [0.2, 0.25) is 0 Å². The molecule has 0 aliphatic rings. The first kappa shape index (κ1) is 16.4. The van der Waals surface area contributed by atoms with Crippen LogP contribution in [0.2, 0.25) is 0 Å². The summed E-state index contributed by atoms with van der Waals surface area (Å²) in [7, 11) is 0. The fourth-order valence-corrected chi connectivity index (χ4v) is 2.08. The Morgan fingerprint density at radius 2 is 1.71 bits per heavy atom. The van der Waals surface area contributed by atoms with Gasteiger partial charge in [-0.2, -0.15) is 0 Å². The Balaban J connectivity index is 0.000000491. The van der Waals surface area contributed by atoms with Gasteiger partial charge in [0.25, 0.3) is 0 Å². The van der Waals surface area contributed by atoms with Crippen LogP contribution >= 0.6 is 0 Å². The summed E-state index contributed by atoms with van der Waals surface area (Å²) in [5, 5.41) is 17.0.